The fourth-order valence-electron chi connectivity index (χ4n) is 5.35. The number of hydrogen-bond donors (Lipinski definition) is 2. The lowest BCUT2D eigenvalue weighted by Gasteiger charge is -2.22. The van der Waals surface area contributed by atoms with Crippen LogP contribution in [-0.2, 0) is 19.3 Å². The Balaban J connectivity index is 1.28. The Hall–Kier alpha value is -3.53. The molecule has 0 atom stereocenters. The lowest BCUT2D eigenvalue weighted by Crippen LogP contribution is -2.36. The Morgan fingerprint density at radius 1 is 1.11 bits per heavy atom. The molecule has 0 saturated heterocycles. The first-order chi connectivity index (χ1) is 17.5. The number of aryl methyl sites for hydroxylation is 1. The molecule has 184 valence electrons. The monoisotopic (exact) mass is 508 g/mol. The van der Waals surface area contributed by atoms with E-state index < -0.39 is 5.82 Å². The fraction of sp³-hybridized carbons (Fsp3) is 0.400. The summed E-state index contributed by atoms with van der Waals surface area (Å²) in [6.45, 7) is 0.538. The third kappa shape index (κ3) is 3.46. The van der Waals surface area contributed by atoms with Crippen molar-refractivity contribution in [3.05, 3.63) is 51.3 Å². The van der Waals surface area contributed by atoms with Crippen molar-refractivity contribution in [2.75, 3.05) is 6.54 Å². The minimum Gasteiger partial charge on any atom is -0.434 e. The summed E-state index contributed by atoms with van der Waals surface area (Å²) in [7, 11) is 0. The van der Waals surface area contributed by atoms with Gasteiger partial charge in [0.1, 0.15) is 0 Å². The van der Waals surface area contributed by atoms with Crippen LogP contribution in [-0.4, -0.2) is 55.5 Å². The van der Waals surface area contributed by atoms with Gasteiger partial charge in [0.25, 0.3) is 17.7 Å². The van der Waals surface area contributed by atoms with Crippen LogP contribution in [0.5, 0.6) is 11.6 Å². The number of aromatic nitrogens is 4. The summed E-state index contributed by atoms with van der Waals surface area (Å²) >= 11 is 6.08. The Morgan fingerprint density at radius 3 is 2.64 bits per heavy atom. The Morgan fingerprint density at radius 2 is 1.89 bits per heavy atom. The normalized spacial score (nSPS) is 18.1. The summed E-state index contributed by atoms with van der Waals surface area (Å²) < 4.78 is 21.9. The van der Waals surface area contributed by atoms with E-state index in [0.29, 0.717) is 42.6 Å². The minimum absolute atomic E-state index is 0.00943. The molecule has 0 spiro atoms. The second-order valence-electron chi connectivity index (χ2n) is 9.77. The molecule has 1 aliphatic heterocycles. The number of fused-ring (bicyclic) bond motifs is 5. The molecule has 4 aliphatic rings. The molecule has 4 heterocycles. The zero-order valence-corrected chi connectivity index (χ0v) is 20.0. The van der Waals surface area contributed by atoms with Crippen molar-refractivity contribution in [3.63, 3.8) is 0 Å². The lowest BCUT2D eigenvalue weighted by atomic mass is 9.88. The highest BCUT2D eigenvalue weighted by Crippen LogP contribution is 2.42. The number of nitrogens with one attached hydrogen (secondary N) is 2. The molecule has 11 heteroatoms. The standard InChI is InChI=1S/C25H22ClFN6O3/c26-17-9-16(22(32-31-17)25(35)33(12-2-3-12)13-4-5-13)36-24-20(27)18-11(10-29-24)1-6-14-19-15(30-21(14)18)7-8-28-23(19)34/h9-10,12-13,30H,1-8H2,(H,28,34). The number of pyridine rings is 1. The van der Waals surface area contributed by atoms with E-state index in [2.05, 4.69) is 25.5 Å². The van der Waals surface area contributed by atoms with Crippen LogP contribution in [0.2, 0.25) is 5.15 Å². The highest BCUT2D eigenvalue weighted by atomic mass is 35.5. The van der Waals surface area contributed by atoms with Gasteiger partial charge in [-0.15, -0.1) is 10.2 Å². The van der Waals surface area contributed by atoms with Crippen LogP contribution >= 0.6 is 11.6 Å². The number of hydrogen-bond acceptors (Lipinski definition) is 6. The smallest absolute Gasteiger partial charge is 0.278 e. The van der Waals surface area contributed by atoms with Gasteiger partial charge in [0, 0.05) is 48.6 Å². The molecule has 9 nitrogen and oxygen atoms in total. The molecule has 7 rings (SSSR count). The zero-order chi connectivity index (χ0) is 24.6. The summed E-state index contributed by atoms with van der Waals surface area (Å²) in [5.74, 6) is -1.37. The van der Waals surface area contributed by atoms with Gasteiger partial charge in [0.15, 0.2) is 22.4 Å². The van der Waals surface area contributed by atoms with Crippen LogP contribution in [0.1, 0.15) is 63.4 Å². The van der Waals surface area contributed by atoms with Crippen molar-refractivity contribution >= 4 is 23.4 Å². The average molecular weight is 509 g/mol. The minimum atomic E-state index is -0.667. The predicted octanol–water partition coefficient (Wildman–Crippen LogP) is 3.60. The Labute approximate surface area is 210 Å². The first kappa shape index (κ1) is 21.7. The van der Waals surface area contributed by atoms with Crippen molar-refractivity contribution in [3.8, 4) is 22.9 Å². The maximum absolute atomic E-state index is 16.0. The molecule has 2 saturated carbocycles. The molecule has 2 fully saturated rings. The van der Waals surface area contributed by atoms with Gasteiger partial charge in [-0.05, 0) is 49.7 Å². The first-order valence-electron chi connectivity index (χ1n) is 12.2. The number of carbonyl (C=O) groups is 2. The van der Waals surface area contributed by atoms with Gasteiger partial charge in [-0.2, -0.15) is 0 Å². The van der Waals surface area contributed by atoms with E-state index in [1.54, 1.807) is 6.20 Å². The molecular formula is C25H22ClFN6O3. The van der Waals surface area contributed by atoms with E-state index in [0.717, 1.165) is 42.5 Å². The van der Waals surface area contributed by atoms with Crippen LogP contribution in [0.15, 0.2) is 12.3 Å². The van der Waals surface area contributed by atoms with E-state index in [4.69, 9.17) is 16.3 Å². The van der Waals surface area contributed by atoms with Crippen LogP contribution in [0.3, 0.4) is 0 Å². The summed E-state index contributed by atoms with van der Waals surface area (Å²) in [6, 6.07) is 1.76. The lowest BCUT2D eigenvalue weighted by molar-refractivity contribution is 0.0719. The summed E-state index contributed by atoms with van der Waals surface area (Å²) in [6.07, 6.45) is 7.24. The zero-order valence-electron chi connectivity index (χ0n) is 19.2. The summed E-state index contributed by atoms with van der Waals surface area (Å²) in [5, 5.41) is 10.7. The molecule has 2 amide bonds. The molecule has 3 aromatic heterocycles. The van der Waals surface area contributed by atoms with Gasteiger partial charge in [0.2, 0.25) is 0 Å². The number of ether oxygens (including phenoxy) is 1. The van der Waals surface area contributed by atoms with Crippen molar-refractivity contribution in [1.29, 1.82) is 0 Å². The van der Waals surface area contributed by atoms with Gasteiger partial charge in [-0.25, -0.2) is 9.37 Å². The quantitative estimate of drug-likeness (QED) is 0.544. The van der Waals surface area contributed by atoms with Crippen LogP contribution in [0.4, 0.5) is 4.39 Å². The molecule has 0 radical (unpaired) electrons. The van der Waals surface area contributed by atoms with Crippen molar-refractivity contribution in [1.82, 2.24) is 30.4 Å². The van der Waals surface area contributed by atoms with Gasteiger partial charge in [-0.3, -0.25) is 9.59 Å². The molecule has 3 aliphatic carbocycles. The van der Waals surface area contributed by atoms with E-state index in [9.17, 15) is 9.59 Å². The predicted molar refractivity (Wildman–Crippen MR) is 127 cm³/mol. The summed E-state index contributed by atoms with van der Waals surface area (Å²) in [4.78, 5) is 35.2. The topological polar surface area (TPSA) is 113 Å². The first-order valence-corrected chi connectivity index (χ1v) is 12.6. The fourth-order valence-corrected chi connectivity index (χ4v) is 5.48. The number of nitrogens with zero attached hydrogens (tertiary/aromatic N) is 4. The van der Waals surface area contributed by atoms with Crippen molar-refractivity contribution < 1.29 is 18.7 Å². The second-order valence-corrected chi connectivity index (χ2v) is 10.2. The second kappa shape index (κ2) is 7.99. The molecule has 0 bridgehead atoms. The van der Waals surface area contributed by atoms with Crippen molar-refractivity contribution in [2.24, 2.45) is 0 Å². The van der Waals surface area contributed by atoms with Gasteiger partial charge < -0.3 is 19.9 Å². The Kier molecular flexibility index (Phi) is 4.82. The van der Waals surface area contributed by atoms with Crippen LogP contribution < -0.4 is 10.1 Å². The highest BCUT2D eigenvalue weighted by Gasteiger charge is 2.44. The van der Waals surface area contributed by atoms with E-state index in [-0.39, 0.29) is 46.4 Å². The number of rotatable bonds is 5. The van der Waals surface area contributed by atoms with E-state index in [1.165, 1.54) is 6.07 Å². The highest BCUT2D eigenvalue weighted by molar-refractivity contribution is 6.29. The average Bonchev–Trinajstić information content (AvgIpc) is 3.80. The molecule has 0 unspecified atom stereocenters. The maximum atomic E-state index is 16.0. The molecule has 36 heavy (non-hydrogen) atoms. The van der Waals surface area contributed by atoms with E-state index in [1.807, 2.05) is 4.90 Å². The molecule has 0 aromatic carbocycles. The maximum Gasteiger partial charge on any atom is 0.278 e. The van der Waals surface area contributed by atoms with Crippen LogP contribution in [0, 0.1) is 5.82 Å². The van der Waals surface area contributed by atoms with Gasteiger partial charge in [-0.1, -0.05) is 11.6 Å². The third-order valence-corrected chi connectivity index (χ3v) is 7.47. The van der Waals surface area contributed by atoms with E-state index >= 15 is 4.39 Å². The summed E-state index contributed by atoms with van der Waals surface area (Å²) in [5.41, 5.74) is 3.86. The molecular weight excluding hydrogens is 487 g/mol. The van der Waals surface area contributed by atoms with Crippen LogP contribution in [0.25, 0.3) is 11.3 Å². The number of amides is 2. The number of halogens is 2. The number of H-pyrrole nitrogens is 1. The van der Waals surface area contributed by atoms with Gasteiger partial charge in [0.05, 0.1) is 11.3 Å². The largest absolute Gasteiger partial charge is 0.434 e. The third-order valence-electron chi connectivity index (χ3n) is 7.28. The molecule has 2 N–H and O–H groups in total. The SMILES string of the molecule is O=C1NCCc2[nH]c3c(c21)CCc1cnc(Oc2cc(Cl)nnc2C(=O)N(C2CC2)C2CC2)c(F)c1-3. The Bertz CT molecular complexity index is 1440. The molecule has 3 aromatic rings. The van der Waals surface area contributed by atoms with Crippen molar-refractivity contribution in [2.45, 2.75) is 57.0 Å². The number of aromatic amines is 1. The van der Waals surface area contributed by atoms with Gasteiger partial charge >= 0.3 is 0 Å². The number of carbonyl (C=O) groups excluding carboxylic acids is 2.